The van der Waals surface area contributed by atoms with Gasteiger partial charge in [-0.05, 0) is 17.7 Å². The number of halogens is 2. The van der Waals surface area contributed by atoms with Crippen molar-refractivity contribution in [2.45, 2.75) is 6.54 Å². The molecule has 6 heteroatoms. The topological polar surface area (TPSA) is 76.1 Å². The van der Waals surface area contributed by atoms with E-state index in [1.165, 1.54) is 5.56 Å². The molecule has 0 saturated carbocycles. The summed E-state index contributed by atoms with van der Waals surface area (Å²) in [5.41, 5.74) is 14.9. The lowest BCUT2D eigenvalue weighted by Crippen LogP contribution is -2.27. The van der Waals surface area contributed by atoms with Crippen LogP contribution in [0.5, 0.6) is 0 Å². The number of hydrogen-bond donors (Lipinski definition) is 4. The summed E-state index contributed by atoms with van der Waals surface area (Å²) in [7, 11) is 0. The number of nitrogens with one attached hydrogen (secondary N) is 2. The Balaban J connectivity index is 0.000000845. The predicted octanol–water partition coefficient (Wildman–Crippen LogP) is 1.17. The third-order valence-electron chi connectivity index (χ3n) is 2.03. The van der Waals surface area contributed by atoms with Crippen molar-refractivity contribution in [2.24, 2.45) is 0 Å². The molecular weight excluding hydrogens is 223 g/mol. The van der Waals surface area contributed by atoms with Crippen LogP contribution >= 0.6 is 24.8 Å². The first kappa shape index (κ1) is 13.2. The van der Waals surface area contributed by atoms with E-state index in [0.29, 0.717) is 11.4 Å². The molecular formula is C8H14Cl2N4. The van der Waals surface area contributed by atoms with Crippen molar-refractivity contribution in [1.29, 1.82) is 0 Å². The number of nitrogen functional groups attached to an aromatic ring is 2. The summed E-state index contributed by atoms with van der Waals surface area (Å²) in [6.45, 7) is 1.64. The van der Waals surface area contributed by atoms with E-state index < -0.39 is 0 Å². The molecule has 0 radical (unpaired) electrons. The average molecular weight is 237 g/mol. The van der Waals surface area contributed by atoms with Crippen molar-refractivity contribution < 1.29 is 0 Å². The number of anilines is 3. The minimum atomic E-state index is 0. The molecule has 80 valence electrons. The summed E-state index contributed by atoms with van der Waals surface area (Å²) in [6, 6.07) is 3.79. The van der Waals surface area contributed by atoms with Crippen LogP contribution in [0.3, 0.4) is 0 Å². The lowest BCUT2D eigenvalue weighted by atomic mass is 10.1. The van der Waals surface area contributed by atoms with Crippen LogP contribution in [0.2, 0.25) is 0 Å². The second kappa shape index (κ2) is 5.14. The number of rotatable bonds is 0. The fourth-order valence-electron chi connectivity index (χ4n) is 1.35. The second-order valence-corrected chi connectivity index (χ2v) is 2.92. The molecule has 0 spiro atoms. The first-order valence-electron chi connectivity index (χ1n) is 3.90. The average Bonchev–Trinajstić information content (AvgIpc) is 2.07. The molecule has 1 aliphatic heterocycles. The first-order valence-corrected chi connectivity index (χ1v) is 3.90. The molecule has 0 saturated heterocycles. The fraction of sp³-hybridized carbons (Fsp3) is 0.250. The molecule has 0 amide bonds. The van der Waals surface area contributed by atoms with Gasteiger partial charge in [0, 0.05) is 12.2 Å². The van der Waals surface area contributed by atoms with Crippen molar-refractivity contribution in [3.05, 3.63) is 17.7 Å². The third-order valence-corrected chi connectivity index (χ3v) is 2.03. The molecule has 1 aliphatic rings. The number of hydrogen-bond acceptors (Lipinski definition) is 4. The fourth-order valence-corrected chi connectivity index (χ4v) is 1.35. The van der Waals surface area contributed by atoms with Gasteiger partial charge in [-0.3, -0.25) is 5.32 Å². The maximum Gasteiger partial charge on any atom is 0.0655 e. The Bertz CT molecular complexity index is 285. The van der Waals surface area contributed by atoms with Gasteiger partial charge in [-0.15, -0.1) is 24.8 Å². The van der Waals surface area contributed by atoms with E-state index in [0.717, 1.165) is 18.9 Å². The van der Waals surface area contributed by atoms with Crippen molar-refractivity contribution >= 4 is 41.9 Å². The maximum atomic E-state index is 5.66. The van der Waals surface area contributed by atoms with Crippen LogP contribution < -0.4 is 22.1 Å². The summed E-state index contributed by atoms with van der Waals surface area (Å²) < 4.78 is 0. The molecule has 0 unspecified atom stereocenters. The van der Waals surface area contributed by atoms with Gasteiger partial charge in [0.25, 0.3) is 0 Å². The largest absolute Gasteiger partial charge is 0.397 e. The van der Waals surface area contributed by atoms with Gasteiger partial charge in [-0.1, -0.05) is 0 Å². The molecule has 0 fully saturated rings. The van der Waals surface area contributed by atoms with E-state index in [4.69, 9.17) is 11.5 Å². The third kappa shape index (κ3) is 2.35. The molecule has 0 bridgehead atoms. The Morgan fingerprint density at radius 2 is 1.71 bits per heavy atom. The highest BCUT2D eigenvalue weighted by Crippen LogP contribution is 2.26. The highest BCUT2D eigenvalue weighted by atomic mass is 35.5. The van der Waals surface area contributed by atoms with Crippen LogP contribution in [0, 0.1) is 0 Å². The summed E-state index contributed by atoms with van der Waals surface area (Å²) in [4.78, 5) is 0. The van der Waals surface area contributed by atoms with Gasteiger partial charge in [0.1, 0.15) is 0 Å². The zero-order valence-corrected chi connectivity index (χ0v) is 9.17. The molecule has 4 nitrogen and oxygen atoms in total. The predicted molar refractivity (Wildman–Crippen MR) is 65.1 cm³/mol. The zero-order valence-electron chi connectivity index (χ0n) is 7.54. The van der Waals surface area contributed by atoms with Crippen molar-refractivity contribution in [3.63, 3.8) is 0 Å². The Labute approximate surface area is 95.2 Å². The van der Waals surface area contributed by atoms with Crippen LogP contribution in [0.4, 0.5) is 17.1 Å². The molecule has 0 aromatic heterocycles. The smallest absolute Gasteiger partial charge is 0.0655 e. The second-order valence-electron chi connectivity index (χ2n) is 2.92. The summed E-state index contributed by atoms with van der Waals surface area (Å²) in [6.07, 6.45) is 0. The van der Waals surface area contributed by atoms with E-state index in [9.17, 15) is 0 Å². The number of fused-ring (bicyclic) bond motifs is 1. The van der Waals surface area contributed by atoms with Gasteiger partial charge in [-0.2, -0.15) is 0 Å². The van der Waals surface area contributed by atoms with Crippen LogP contribution in [0.1, 0.15) is 5.56 Å². The molecule has 2 rings (SSSR count). The van der Waals surface area contributed by atoms with Gasteiger partial charge in [0.15, 0.2) is 0 Å². The SMILES string of the molecule is Cl.Cl.Nc1cc2c(cc1N)NCNC2. The Morgan fingerprint density at radius 1 is 1.07 bits per heavy atom. The zero-order chi connectivity index (χ0) is 8.55. The quantitative estimate of drug-likeness (QED) is 0.511. The molecule has 6 N–H and O–H groups in total. The summed E-state index contributed by atoms with van der Waals surface area (Å²) in [5.74, 6) is 0. The van der Waals surface area contributed by atoms with E-state index in [-0.39, 0.29) is 24.8 Å². The van der Waals surface area contributed by atoms with Crippen molar-refractivity contribution in [2.75, 3.05) is 23.5 Å². The molecule has 0 aliphatic carbocycles. The van der Waals surface area contributed by atoms with Crippen LogP contribution in [-0.4, -0.2) is 6.67 Å². The van der Waals surface area contributed by atoms with E-state index >= 15 is 0 Å². The normalized spacial score (nSPS) is 12.9. The van der Waals surface area contributed by atoms with Crippen molar-refractivity contribution in [1.82, 2.24) is 5.32 Å². The van der Waals surface area contributed by atoms with E-state index in [2.05, 4.69) is 10.6 Å². The maximum absolute atomic E-state index is 5.66. The molecule has 1 aromatic carbocycles. The standard InChI is InChI=1S/C8H12N4.2ClH/c9-6-1-5-3-11-4-12-8(5)2-7(6)10;;/h1-2,11-12H,3-4,9-10H2;2*1H. The highest BCUT2D eigenvalue weighted by Gasteiger charge is 2.08. The molecule has 0 atom stereocenters. The van der Waals surface area contributed by atoms with Crippen LogP contribution in [0.25, 0.3) is 0 Å². The molecule has 1 heterocycles. The van der Waals surface area contributed by atoms with Gasteiger partial charge >= 0.3 is 0 Å². The van der Waals surface area contributed by atoms with Crippen LogP contribution in [0.15, 0.2) is 12.1 Å². The first-order chi connectivity index (χ1) is 5.77. The van der Waals surface area contributed by atoms with Gasteiger partial charge in [-0.25, -0.2) is 0 Å². The highest BCUT2D eigenvalue weighted by molar-refractivity contribution is 5.85. The van der Waals surface area contributed by atoms with Crippen molar-refractivity contribution in [3.8, 4) is 0 Å². The molecule has 14 heavy (non-hydrogen) atoms. The lowest BCUT2D eigenvalue weighted by molar-refractivity contribution is 0.710. The van der Waals surface area contributed by atoms with Crippen LogP contribution in [-0.2, 0) is 6.54 Å². The number of nitrogens with two attached hydrogens (primary N) is 2. The Hall–Kier alpha value is -0.840. The minimum absolute atomic E-state index is 0. The van der Waals surface area contributed by atoms with Gasteiger partial charge < -0.3 is 16.8 Å². The minimum Gasteiger partial charge on any atom is -0.397 e. The van der Waals surface area contributed by atoms with E-state index in [1.807, 2.05) is 12.1 Å². The Morgan fingerprint density at radius 3 is 2.43 bits per heavy atom. The summed E-state index contributed by atoms with van der Waals surface area (Å²) >= 11 is 0. The van der Waals surface area contributed by atoms with E-state index in [1.54, 1.807) is 0 Å². The Kier molecular flexibility index (Phi) is 4.83. The lowest BCUT2D eigenvalue weighted by Gasteiger charge is -2.20. The monoisotopic (exact) mass is 236 g/mol. The summed E-state index contributed by atoms with van der Waals surface area (Å²) in [5, 5.41) is 6.36. The molecule has 1 aromatic rings. The van der Waals surface area contributed by atoms with Gasteiger partial charge in [0.05, 0.1) is 18.0 Å². The number of benzene rings is 1. The van der Waals surface area contributed by atoms with Gasteiger partial charge in [0.2, 0.25) is 0 Å².